The van der Waals surface area contributed by atoms with Crippen molar-refractivity contribution in [3.05, 3.63) is 103 Å². The first kappa shape index (κ1) is 20.4. The van der Waals surface area contributed by atoms with Crippen molar-refractivity contribution in [1.82, 2.24) is 0 Å². The maximum atomic E-state index is 2.40. The number of hydrogen-bond donors (Lipinski definition) is 0. The van der Waals surface area contributed by atoms with E-state index in [4.69, 9.17) is 0 Å². The number of benzene rings is 3. The highest BCUT2D eigenvalue weighted by molar-refractivity contribution is 5.47. The molecule has 3 rings (SSSR count). The van der Waals surface area contributed by atoms with Gasteiger partial charge >= 0.3 is 0 Å². The van der Waals surface area contributed by atoms with Gasteiger partial charge in [0.05, 0.1) is 0 Å². The average Bonchev–Trinajstić information content (AvgIpc) is 2.59. The van der Waals surface area contributed by atoms with Gasteiger partial charge in [0.2, 0.25) is 0 Å². The van der Waals surface area contributed by atoms with Crippen molar-refractivity contribution in [2.75, 3.05) is 0 Å². The summed E-state index contributed by atoms with van der Waals surface area (Å²) in [4.78, 5) is 0. The van der Waals surface area contributed by atoms with Gasteiger partial charge in [0.25, 0.3) is 0 Å². The summed E-state index contributed by atoms with van der Waals surface area (Å²) < 4.78 is 0. The molecule has 0 heteroatoms. The van der Waals surface area contributed by atoms with Crippen LogP contribution in [-0.2, 0) is 12.8 Å². The van der Waals surface area contributed by atoms with Crippen LogP contribution in [0, 0.1) is 55.4 Å². The van der Waals surface area contributed by atoms with E-state index >= 15 is 0 Å². The van der Waals surface area contributed by atoms with Crippen LogP contribution in [0.1, 0.15) is 66.8 Å². The summed E-state index contributed by atoms with van der Waals surface area (Å²) in [5.74, 6) is 0. The Hall–Kier alpha value is -2.34. The van der Waals surface area contributed by atoms with Crippen LogP contribution >= 0.6 is 0 Å². The van der Waals surface area contributed by atoms with E-state index in [0.29, 0.717) is 0 Å². The quantitative estimate of drug-likeness (QED) is 0.451. The molecule has 0 aromatic heterocycles. The SMILES string of the molecule is Cc1cc(C)c(Cc2cc(C)c(Cc3cc(C)c(C)c(C)c3)c(C)c2)c(C)c1. The largest absolute Gasteiger partial charge is 0.0561 e. The molecule has 0 N–H and O–H groups in total. The molecular formula is C28H34. The molecule has 3 aromatic carbocycles. The molecule has 0 aliphatic rings. The normalized spacial score (nSPS) is 11.1. The van der Waals surface area contributed by atoms with Crippen molar-refractivity contribution in [1.29, 1.82) is 0 Å². The minimum Gasteiger partial charge on any atom is -0.0561 e. The summed E-state index contributed by atoms with van der Waals surface area (Å²) in [6.07, 6.45) is 2.03. The van der Waals surface area contributed by atoms with Crippen molar-refractivity contribution in [3.8, 4) is 0 Å². The van der Waals surface area contributed by atoms with Gasteiger partial charge in [-0.05, 0) is 129 Å². The minimum absolute atomic E-state index is 1.02. The molecule has 0 amide bonds. The van der Waals surface area contributed by atoms with Crippen molar-refractivity contribution < 1.29 is 0 Å². The molecule has 0 unspecified atom stereocenters. The molecule has 0 bridgehead atoms. The molecule has 0 saturated heterocycles. The summed E-state index contributed by atoms with van der Waals surface area (Å²) in [6.45, 7) is 17.9. The third kappa shape index (κ3) is 4.22. The second-order valence-corrected chi connectivity index (χ2v) is 8.79. The zero-order valence-electron chi connectivity index (χ0n) is 18.9. The highest BCUT2D eigenvalue weighted by Crippen LogP contribution is 2.26. The van der Waals surface area contributed by atoms with Crippen LogP contribution in [0.2, 0.25) is 0 Å². The Bertz CT molecular complexity index is 965. The molecule has 146 valence electrons. The fourth-order valence-electron chi connectivity index (χ4n) is 4.59. The third-order valence-corrected chi connectivity index (χ3v) is 6.34. The average molecular weight is 371 g/mol. The van der Waals surface area contributed by atoms with Crippen LogP contribution in [0.5, 0.6) is 0 Å². The van der Waals surface area contributed by atoms with Gasteiger partial charge in [-0.25, -0.2) is 0 Å². The second kappa shape index (κ2) is 7.95. The van der Waals surface area contributed by atoms with Crippen LogP contribution in [0.25, 0.3) is 0 Å². The van der Waals surface area contributed by atoms with Crippen molar-refractivity contribution in [3.63, 3.8) is 0 Å². The molecule has 0 aliphatic carbocycles. The van der Waals surface area contributed by atoms with Gasteiger partial charge in [-0.3, -0.25) is 0 Å². The lowest BCUT2D eigenvalue weighted by molar-refractivity contribution is 1.06. The molecule has 0 atom stereocenters. The molecule has 28 heavy (non-hydrogen) atoms. The van der Waals surface area contributed by atoms with Gasteiger partial charge in [-0.2, -0.15) is 0 Å². The first-order valence-corrected chi connectivity index (χ1v) is 10.4. The van der Waals surface area contributed by atoms with E-state index in [9.17, 15) is 0 Å². The molecular weight excluding hydrogens is 336 g/mol. The van der Waals surface area contributed by atoms with Gasteiger partial charge in [-0.1, -0.05) is 42.0 Å². The first-order chi connectivity index (χ1) is 13.2. The third-order valence-electron chi connectivity index (χ3n) is 6.34. The fourth-order valence-corrected chi connectivity index (χ4v) is 4.59. The van der Waals surface area contributed by atoms with E-state index in [2.05, 4.69) is 91.8 Å². The van der Waals surface area contributed by atoms with Gasteiger partial charge in [0.15, 0.2) is 0 Å². The van der Waals surface area contributed by atoms with Gasteiger partial charge < -0.3 is 0 Å². The Morgan fingerprint density at radius 2 is 0.750 bits per heavy atom. The summed E-state index contributed by atoms with van der Waals surface area (Å²) >= 11 is 0. The lowest BCUT2D eigenvalue weighted by Crippen LogP contribution is -2.02. The van der Waals surface area contributed by atoms with E-state index in [1.165, 1.54) is 66.8 Å². The summed E-state index contributed by atoms with van der Waals surface area (Å²) in [7, 11) is 0. The molecule has 0 fully saturated rings. The molecule has 3 aromatic rings. The zero-order valence-corrected chi connectivity index (χ0v) is 18.9. The number of hydrogen-bond acceptors (Lipinski definition) is 0. The lowest BCUT2D eigenvalue weighted by Gasteiger charge is -2.16. The maximum absolute atomic E-state index is 2.40. The Morgan fingerprint density at radius 3 is 1.14 bits per heavy atom. The Labute approximate surface area is 171 Å². The lowest BCUT2D eigenvalue weighted by atomic mass is 9.89. The van der Waals surface area contributed by atoms with Crippen LogP contribution in [0.3, 0.4) is 0 Å². The highest BCUT2D eigenvalue weighted by Gasteiger charge is 2.11. The smallest absolute Gasteiger partial charge is 0.00203 e. The predicted octanol–water partition coefficient (Wildman–Crippen LogP) is 7.34. The molecule has 0 saturated carbocycles. The van der Waals surface area contributed by atoms with Crippen molar-refractivity contribution in [2.45, 2.75) is 68.2 Å². The Balaban J connectivity index is 1.92. The molecule has 0 spiro atoms. The maximum Gasteiger partial charge on any atom is -0.00203 e. The van der Waals surface area contributed by atoms with Crippen molar-refractivity contribution >= 4 is 0 Å². The zero-order chi connectivity index (χ0) is 20.6. The molecule has 0 nitrogen and oxygen atoms in total. The van der Waals surface area contributed by atoms with Crippen LogP contribution in [0.4, 0.5) is 0 Å². The molecule has 0 radical (unpaired) electrons. The van der Waals surface area contributed by atoms with Crippen LogP contribution in [-0.4, -0.2) is 0 Å². The van der Waals surface area contributed by atoms with Gasteiger partial charge in [0, 0.05) is 0 Å². The number of rotatable bonds is 4. The summed E-state index contributed by atoms with van der Waals surface area (Å²) in [5, 5.41) is 0. The standard InChI is InChI=1S/C28H34/c1-17-9-20(4)27(21(5)10-17)16-26-13-22(6)28(23(7)14-26)15-25-11-18(2)24(8)19(3)12-25/h9-14H,15-16H2,1-8H3. The summed E-state index contributed by atoms with van der Waals surface area (Å²) in [5.41, 5.74) is 17.0. The van der Waals surface area contributed by atoms with Gasteiger partial charge in [-0.15, -0.1) is 0 Å². The van der Waals surface area contributed by atoms with E-state index in [-0.39, 0.29) is 0 Å². The predicted molar refractivity (Wildman–Crippen MR) is 123 cm³/mol. The van der Waals surface area contributed by atoms with Crippen molar-refractivity contribution in [2.24, 2.45) is 0 Å². The van der Waals surface area contributed by atoms with Crippen LogP contribution in [0.15, 0.2) is 36.4 Å². The molecule has 0 heterocycles. The fraction of sp³-hybridized carbons (Fsp3) is 0.357. The van der Waals surface area contributed by atoms with E-state index in [0.717, 1.165) is 12.8 Å². The topological polar surface area (TPSA) is 0 Å². The second-order valence-electron chi connectivity index (χ2n) is 8.79. The van der Waals surface area contributed by atoms with E-state index in [1.54, 1.807) is 0 Å². The first-order valence-electron chi connectivity index (χ1n) is 10.4. The Kier molecular flexibility index (Phi) is 5.79. The monoisotopic (exact) mass is 370 g/mol. The molecule has 0 aliphatic heterocycles. The van der Waals surface area contributed by atoms with Crippen LogP contribution < -0.4 is 0 Å². The van der Waals surface area contributed by atoms with Gasteiger partial charge in [0.1, 0.15) is 0 Å². The van der Waals surface area contributed by atoms with E-state index in [1.807, 2.05) is 0 Å². The minimum atomic E-state index is 1.02. The van der Waals surface area contributed by atoms with E-state index < -0.39 is 0 Å². The highest BCUT2D eigenvalue weighted by atomic mass is 14.2. The Morgan fingerprint density at radius 1 is 0.429 bits per heavy atom. The summed E-state index contributed by atoms with van der Waals surface area (Å²) in [6, 6.07) is 14.1. The number of aryl methyl sites for hydroxylation is 7.